The van der Waals surface area contributed by atoms with E-state index < -0.39 is 0 Å². The van der Waals surface area contributed by atoms with Crippen LogP contribution in [0.3, 0.4) is 0 Å². The van der Waals surface area contributed by atoms with Crippen molar-refractivity contribution in [3.8, 4) is 0 Å². The zero-order valence-electron chi connectivity index (χ0n) is 12.0. The van der Waals surface area contributed by atoms with Gasteiger partial charge in [-0.1, -0.05) is 32.1 Å². The molecule has 0 saturated heterocycles. The van der Waals surface area contributed by atoms with Crippen LogP contribution in [0.5, 0.6) is 0 Å². The second kappa shape index (κ2) is 7.99. The lowest BCUT2D eigenvalue weighted by Crippen LogP contribution is -2.24. The summed E-state index contributed by atoms with van der Waals surface area (Å²) in [6.07, 6.45) is 3.11. The first-order chi connectivity index (χ1) is 9.04. The second-order valence-corrected chi connectivity index (χ2v) is 5.95. The van der Waals surface area contributed by atoms with Crippen molar-refractivity contribution in [1.82, 2.24) is 10.3 Å². The van der Waals surface area contributed by atoms with Gasteiger partial charge in [-0.3, -0.25) is 4.79 Å². The lowest BCUT2D eigenvalue weighted by atomic mass is 10.1. The first-order valence-corrected chi connectivity index (χ1v) is 7.64. The number of nitrogen functional groups attached to an aromatic ring is 1. The molecular weight excluding hydrogens is 260 g/mol. The summed E-state index contributed by atoms with van der Waals surface area (Å²) in [7, 11) is 0. The topological polar surface area (TPSA) is 80.0 Å². The molecule has 1 aromatic heterocycles. The third kappa shape index (κ3) is 5.46. The molecule has 0 radical (unpaired) electrons. The first kappa shape index (κ1) is 15.8. The van der Waals surface area contributed by atoms with Crippen LogP contribution in [0.15, 0.2) is 0 Å². The molecule has 0 atom stereocenters. The third-order valence-electron chi connectivity index (χ3n) is 2.63. The van der Waals surface area contributed by atoms with Crippen molar-refractivity contribution in [2.75, 3.05) is 24.1 Å². The van der Waals surface area contributed by atoms with Crippen molar-refractivity contribution in [3.05, 3.63) is 4.88 Å². The standard InChI is InChI=1S/C13H24N4OS/c1-4-7-16-13-17-11(14)10(19-13)12(18)15-8-5-6-9(2)3/h9H,4-8,14H2,1-3H3,(H,15,18)(H,16,17). The molecule has 0 aromatic carbocycles. The molecule has 0 unspecified atom stereocenters. The first-order valence-electron chi connectivity index (χ1n) is 6.83. The van der Waals surface area contributed by atoms with E-state index in [1.807, 2.05) is 0 Å². The van der Waals surface area contributed by atoms with Gasteiger partial charge in [0.05, 0.1) is 0 Å². The molecule has 1 rings (SSSR count). The summed E-state index contributed by atoms with van der Waals surface area (Å²) in [5.74, 6) is 0.850. The Hall–Kier alpha value is -1.30. The third-order valence-corrected chi connectivity index (χ3v) is 3.66. The van der Waals surface area contributed by atoms with E-state index in [2.05, 4.69) is 36.4 Å². The molecule has 1 amide bonds. The number of aromatic nitrogens is 1. The van der Waals surface area contributed by atoms with E-state index in [1.165, 1.54) is 11.3 Å². The maximum atomic E-state index is 11.9. The summed E-state index contributed by atoms with van der Waals surface area (Å²) in [5, 5.41) is 6.74. The van der Waals surface area contributed by atoms with E-state index in [9.17, 15) is 4.79 Å². The highest BCUT2D eigenvalue weighted by Gasteiger charge is 2.15. The lowest BCUT2D eigenvalue weighted by molar-refractivity contribution is 0.0957. The summed E-state index contributed by atoms with van der Waals surface area (Å²) in [6, 6.07) is 0. The number of thiazole rings is 1. The van der Waals surface area contributed by atoms with Gasteiger partial charge in [-0.05, 0) is 25.2 Å². The van der Waals surface area contributed by atoms with Gasteiger partial charge in [0.25, 0.3) is 5.91 Å². The fourth-order valence-electron chi connectivity index (χ4n) is 1.59. The van der Waals surface area contributed by atoms with E-state index >= 15 is 0 Å². The van der Waals surface area contributed by atoms with Crippen LogP contribution < -0.4 is 16.4 Å². The smallest absolute Gasteiger partial charge is 0.265 e. The Bertz CT molecular complexity index is 403. The number of hydrogen-bond acceptors (Lipinski definition) is 5. The van der Waals surface area contributed by atoms with Gasteiger partial charge in [-0.25, -0.2) is 4.98 Å². The second-order valence-electron chi connectivity index (χ2n) is 4.95. The predicted octanol–water partition coefficient (Wildman–Crippen LogP) is 2.71. The fraction of sp³-hybridized carbons (Fsp3) is 0.692. The van der Waals surface area contributed by atoms with E-state index in [4.69, 9.17) is 5.73 Å². The molecule has 19 heavy (non-hydrogen) atoms. The van der Waals surface area contributed by atoms with Crippen molar-refractivity contribution in [2.45, 2.75) is 40.0 Å². The van der Waals surface area contributed by atoms with Gasteiger partial charge < -0.3 is 16.4 Å². The lowest BCUT2D eigenvalue weighted by Gasteiger charge is -2.05. The summed E-state index contributed by atoms with van der Waals surface area (Å²) in [4.78, 5) is 16.6. The molecule has 5 nitrogen and oxygen atoms in total. The van der Waals surface area contributed by atoms with E-state index in [1.54, 1.807) is 0 Å². The molecule has 108 valence electrons. The number of nitrogens with zero attached hydrogens (tertiary/aromatic N) is 1. The Kier molecular flexibility index (Phi) is 6.62. The van der Waals surface area contributed by atoms with Gasteiger partial charge >= 0.3 is 0 Å². The number of nitrogens with one attached hydrogen (secondary N) is 2. The van der Waals surface area contributed by atoms with Gasteiger partial charge in [0, 0.05) is 13.1 Å². The molecule has 0 aliphatic heterocycles. The molecule has 0 aliphatic rings. The maximum Gasteiger partial charge on any atom is 0.265 e. The molecular formula is C13H24N4OS. The Labute approximate surface area is 119 Å². The number of carbonyl (C=O) groups excluding carboxylic acids is 1. The summed E-state index contributed by atoms with van der Waals surface area (Å²) >= 11 is 1.31. The van der Waals surface area contributed by atoms with Crippen LogP contribution in [0.1, 0.15) is 49.7 Å². The Balaban J connectivity index is 2.45. The highest BCUT2D eigenvalue weighted by molar-refractivity contribution is 7.18. The largest absolute Gasteiger partial charge is 0.382 e. The van der Waals surface area contributed by atoms with Crippen LogP contribution >= 0.6 is 11.3 Å². The summed E-state index contributed by atoms with van der Waals surface area (Å²) in [5.41, 5.74) is 5.76. The molecule has 0 saturated carbocycles. The molecule has 1 aromatic rings. The zero-order valence-corrected chi connectivity index (χ0v) is 12.8. The van der Waals surface area contributed by atoms with Crippen molar-refractivity contribution in [1.29, 1.82) is 0 Å². The van der Waals surface area contributed by atoms with Crippen molar-refractivity contribution < 1.29 is 4.79 Å². The average Bonchev–Trinajstić information content (AvgIpc) is 2.73. The van der Waals surface area contributed by atoms with Crippen LogP contribution in [0.2, 0.25) is 0 Å². The highest BCUT2D eigenvalue weighted by atomic mass is 32.1. The Morgan fingerprint density at radius 3 is 2.79 bits per heavy atom. The number of hydrogen-bond donors (Lipinski definition) is 3. The highest BCUT2D eigenvalue weighted by Crippen LogP contribution is 2.24. The van der Waals surface area contributed by atoms with Crippen LogP contribution in [-0.4, -0.2) is 24.0 Å². The molecule has 0 aliphatic carbocycles. The molecule has 6 heteroatoms. The van der Waals surface area contributed by atoms with Crippen LogP contribution in [0.4, 0.5) is 10.9 Å². The average molecular weight is 284 g/mol. The van der Waals surface area contributed by atoms with Gasteiger partial charge in [0.2, 0.25) is 0 Å². The predicted molar refractivity (Wildman–Crippen MR) is 81.7 cm³/mol. The number of nitrogens with two attached hydrogens (primary N) is 1. The number of rotatable bonds is 8. The Morgan fingerprint density at radius 1 is 1.42 bits per heavy atom. The van der Waals surface area contributed by atoms with E-state index in [0.29, 0.717) is 28.3 Å². The molecule has 0 bridgehead atoms. The quantitative estimate of drug-likeness (QED) is 0.641. The van der Waals surface area contributed by atoms with Gasteiger partial charge in [-0.2, -0.15) is 0 Å². The van der Waals surface area contributed by atoms with Crippen molar-refractivity contribution >= 4 is 28.2 Å². The number of carbonyl (C=O) groups is 1. The zero-order chi connectivity index (χ0) is 14.3. The minimum Gasteiger partial charge on any atom is -0.382 e. The Morgan fingerprint density at radius 2 is 2.16 bits per heavy atom. The van der Waals surface area contributed by atoms with Crippen LogP contribution in [0, 0.1) is 5.92 Å². The minimum absolute atomic E-state index is 0.122. The maximum absolute atomic E-state index is 11.9. The van der Waals surface area contributed by atoms with Gasteiger partial charge in [0.1, 0.15) is 10.7 Å². The normalized spacial score (nSPS) is 10.7. The minimum atomic E-state index is -0.122. The van der Waals surface area contributed by atoms with E-state index in [-0.39, 0.29) is 5.91 Å². The van der Waals surface area contributed by atoms with Crippen molar-refractivity contribution in [3.63, 3.8) is 0 Å². The van der Waals surface area contributed by atoms with Gasteiger partial charge in [0.15, 0.2) is 5.13 Å². The summed E-state index contributed by atoms with van der Waals surface area (Å²) < 4.78 is 0. The molecule has 1 heterocycles. The monoisotopic (exact) mass is 284 g/mol. The fourth-order valence-corrected chi connectivity index (χ4v) is 2.42. The van der Waals surface area contributed by atoms with Crippen LogP contribution in [-0.2, 0) is 0 Å². The molecule has 4 N–H and O–H groups in total. The van der Waals surface area contributed by atoms with E-state index in [0.717, 1.165) is 25.8 Å². The molecule has 0 spiro atoms. The van der Waals surface area contributed by atoms with Crippen LogP contribution in [0.25, 0.3) is 0 Å². The number of anilines is 2. The van der Waals surface area contributed by atoms with Crippen molar-refractivity contribution in [2.24, 2.45) is 5.92 Å². The number of amides is 1. The SMILES string of the molecule is CCCNc1nc(N)c(C(=O)NCCCC(C)C)s1. The molecule has 0 fully saturated rings. The van der Waals surface area contributed by atoms with Gasteiger partial charge in [-0.15, -0.1) is 0 Å². The summed E-state index contributed by atoms with van der Waals surface area (Å²) in [6.45, 7) is 7.95.